The Hall–Kier alpha value is -2.29. The Morgan fingerprint density at radius 2 is 2.00 bits per heavy atom. The predicted molar refractivity (Wildman–Crippen MR) is 98.2 cm³/mol. The van der Waals surface area contributed by atoms with Crippen LogP contribution in [0.25, 0.3) is 10.8 Å². The second-order valence-electron chi connectivity index (χ2n) is 6.42. The summed E-state index contributed by atoms with van der Waals surface area (Å²) >= 11 is 0. The Kier molecular flexibility index (Phi) is 5.52. The van der Waals surface area contributed by atoms with Crippen LogP contribution in [0.1, 0.15) is 39.0 Å². The van der Waals surface area contributed by atoms with Gasteiger partial charge in [-0.25, -0.2) is 0 Å². The minimum atomic E-state index is -0.494. The van der Waals surface area contributed by atoms with E-state index in [2.05, 4.69) is 17.5 Å². The number of ether oxygens (including phenoxy) is 1. The number of nitrogens with one attached hydrogen (secondary N) is 1. The molecule has 0 aromatic heterocycles. The lowest BCUT2D eigenvalue weighted by Crippen LogP contribution is -2.36. The Morgan fingerprint density at radius 3 is 2.79 bits per heavy atom. The number of benzene rings is 2. The standard InChI is InChI=1S/C21H25NO2/c1-16(21(23)22-14-13-17-7-3-2-4-8-17)24-20-12-11-18-9-5-6-10-19(18)15-20/h5-7,9-12,15-16H,2-4,8,13-14H2,1H3,(H,22,23)/t16-/m0/s1. The number of carbonyl (C=O) groups excluding carboxylic acids is 1. The molecule has 0 radical (unpaired) electrons. The van der Waals surface area contributed by atoms with Crippen LogP contribution < -0.4 is 10.1 Å². The molecule has 1 amide bonds. The Balaban J connectivity index is 1.50. The van der Waals surface area contributed by atoms with E-state index in [1.807, 2.05) is 36.4 Å². The summed E-state index contributed by atoms with van der Waals surface area (Å²) in [7, 11) is 0. The number of allylic oxidation sites excluding steroid dienone is 1. The van der Waals surface area contributed by atoms with Gasteiger partial charge < -0.3 is 10.1 Å². The zero-order valence-corrected chi connectivity index (χ0v) is 14.3. The molecule has 2 aromatic carbocycles. The molecule has 0 heterocycles. The fourth-order valence-corrected chi connectivity index (χ4v) is 3.12. The Morgan fingerprint density at radius 1 is 1.17 bits per heavy atom. The maximum Gasteiger partial charge on any atom is 0.260 e. The van der Waals surface area contributed by atoms with Gasteiger partial charge in [-0.15, -0.1) is 0 Å². The number of hydrogen-bond donors (Lipinski definition) is 1. The van der Waals surface area contributed by atoms with Gasteiger partial charge >= 0.3 is 0 Å². The molecule has 0 unspecified atom stereocenters. The molecule has 1 N–H and O–H groups in total. The maximum absolute atomic E-state index is 12.2. The van der Waals surface area contributed by atoms with Gasteiger partial charge in [0.25, 0.3) is 5.91 Å². The van der Waals surface area contributed by atoms with Crippen LogP contribution in [-0.2, 0) is 4.79 Å². The van der Waals surface area contributed by atoms with E-state index in [1.165, 1.54) is 36.6 Å². The average molecular weight is 323 g/mol. The number of rotatable bonds is 6. The highest BCUT2D eigenvalue weighted by Gasteiger charge is 2.14. The number of hydrogen-bond acceptors (Lipinski definition) is 2. The van der Waals surface area contributed by atoms with Gasteiger partial charge in [-0.3, -0.25) is 4.79 Å². The highest BCUT2D eigenvalue weighted by molar-refractivity contribution is 5.84. The minimum absolute atomic E-state index is 0.0560. The normalized spacial score (nSPS) is 15.6. The lowest BCUT2D eigenvalue weighted by molar-refractivity contribution is -0.127. The molecular formula is C21H25NO2. The SMILES string of the molecule is C[C@H](Oc1ccc2ccccc2c1)C(=O)NCCC1=CCCCC1. The first-order chi connectivity index (χ1) is 11.7. The van der Waals surface area contributed by atoms with E-state index >= 15 is 0 Å². The first-order valence-corrected chi connectivity index (χ1v) is 8.83. The monoisotopic (exact) mass is 323 g/mol. The first kappa shape index (κ1) is 16.6. The van der Waals surface area contributed by atoms with E-state index < -0.39 is 6.10 Å². The van der Waals surface area contributed by atoms with Crippen molar-refractivity contribution in [1.29, 1.82) is 0 Å². The second-order valence-corrected chi connectivity index (χ2v) is 6.42. The summed E-state index contributed by atoms with van der Waals surface area (Å²) in [6, 6.07) is 14.0. The predicted octanol–water partition coefficient (Wildman–Crippen LogP) is 4.61. The quantitative estimate of drug-likeness (QED) is 0.788. The lowest BCUT2D eigenvalue weighted by atomic mass is 9.97. The summed E-state index contributed by atoms with van der Waals surface area (Å²) in [4.78, 5) is 12.2. The molecule has 0 saturated heterocycles. The minimum Gasteiger partial charge on any atom is -0.481 e. The summed E-state index contributed by atoms with van der Waals surface area (Å²) in [5.41, 5.74) is 1.48. The van der Waals surface area contributed by atoms with Gasteiger partial charge in [-0.2, -0.15) is 0 Å². The summed E-state index contributed by atoms with van der Waals surface area (Å²) in [5, 5.41) is 5.27. The van der Waals surface area contributed by atoms with Crippen molar-refractivity contribution in [3.63, 3.8) is 0 Å². The average Bonchev–Trinajstić information content (AvgIpc) is 2.62. The molecule has 0 fully saturated rings. The maximum atomic E-state index is 12.2. The van der Waals surface area contributed by atoms with Gasteiger partial charge in [-0.05, 0) is 61.9 Å². The molecule has 3 heteroatoms. The third kappa shape index (κ3) is 4.38. The zero-order chi connectivity index (χ0) is 16.8. The van der Waals surface area contributed by atoms with E-state index in [9.17, 15) is 4.79 Å². The molecule has 126 valence electrons. The summed E-state index contributed by atoms with van der Waals surface area (Å²) in [6.45, 7) is 2.49. The molecule has 24 heavy (non-hydrogen) atoms. The van der Waals surface area contributed by atoms with Gasteiger partial charge in [0.2, 0.25) is 0 Å². The molecule has 3 nitrogen and oxygen atoms in total. The van der Waals surface area contributed by atoms with E-state index in [0.717, 1.165) is 17.6 Å². The molecule has 3 rings (SSSR count). The van der Waals surface area contributed by atoms with Crippen molar-refractivity contribution in [1.82, 2.24) is 5.32 Å². The van der Waals surface area contributed by atoms with Gasteiger partial charge in [-0.1, -0.05) is 42.0 Å². The molecule has 2 aromatic rings. The van der Waals surface area contributed by atoms with E-state index in [0.29, 0.717) is 6.54 Å². The second kappa shape index (κ2) is 8.00. The molecule has 0 aliphatic heterocycles. The van der Waals surface area contributed by atoms with Crippen LogP contribution in [0, 0.1) is 0 Å². The zero-order valence-electron chi connectivity index (χ0n) is 14.3. The first-order valence-electron chi connectivity index (χ1n) is 8.83. The van der Waals surface area contributed by atoms with Crippen LogP contribution in [-0.4, -0.2) is 18.6 Å². The third-order valence-corrected chi connectivity index (χ3v) is 4.53. The van der Waals surface area contributed by atoms with Crippen LogP contribution in [0.15, 0.2) is 54.1 Å². The third-order valence-electron chi connectivity index (χ3n) is 4.53. The van der Waals surface area contributed by atoms with Crippen molar-refractivity contribution in [3.8, 4) is 5.75 Å². The highest BCUT2D eigenvalue weighted by atomic mass is 16.5. The lowest BCUT2D eigenvalue weighted by Gasteiger charge is -2.16. The van der Waals surface area contributed by atoms with Gasteiger partial charge in [0, 0.05) is 6.54 Å². The molecule has 0 bridgehead atoms. The van der Waals surface area contributed by atoms with E-state index in [4.69, 9.17) is 4.74 Å². The topological polar surface area (TPSA) is 38.3 Å². The smallest absolute Gasteiger partial charge is 0.260 e. The van der Waals surface area contributed by atoms with Crippen molar-refractivity contribution in [2.24, 2.45) is 0 Å². The summed E-state index contributed by atoms with van der Waals surface area (Å²) < 4.78 is 5.80. The Labute approximate surface area is 143 Å². The van der Waals surface area contributed by atoms with Gasteiger partial charge in [0.05, 0.1) is 0 Å². The largest absolute Gasteiger partial charge is 0.481 e. The molecule has 0 saturated carbocycles. The van der Waals surface area contributed by atoms with Crippen LogP contribution in [0.2, 0.25) is 0 Å². The fourth-order valence-electron chi connectivity index (χ4n) is 3.12. The van der Waals surface area contributed by atoms with Crippen molar-refractivity contribution < 1.29 is 9.53 Å². The number of fused-ring (bicyclic) bond motifs is 1. The van der Waals surface area contributed by atoms with Crippen molar-refractivity contribution >= 4 is 16.7 Å². The molecule has 1 aliphatic rings. The van der Waals surface area contributed by atoms with Gasteiger partial charge in [0.15, 0.2) is 6.10 Å². The molecule has 1 atom stereocenters. The summed E-state index contributed by atoms with van der Waals surface area (Å²) in [6.07, 6.45) is 7.72. The van der Waals surface area contributed by atoms with Crippen molar-refractivity contribution in [2.75, 3.05) is 6.54 Å². The van der Waals surface area contributed by atoms with Crippen molar-refractivity contribution in [3.05, 3.63) is 54.1 Å². The van der Waals surface area contributed by atoms with Crippen LogP contribution in [0.3, 0.4) is 0 Å². The molecular weight excluding hydrogens is 298 g/mol. The van der Waals surface area contributed by atoms with Crippen LogP contribution >= 0.6 is 0 Å². The highest BCUT2D eigenvalue weighted by Crippen LogP contribution is 2.22. The molecule has 1 aliphatic carbocycles. The van der Waals surface area contributed by atoms with Crippen LogP contribution in [0.5, 0.6) is 5.75 Å². The van der Waals surface area contributed by atoms with Gasteiger partial charge in [0.1, 0.15) is 5.75 Å². The Bertz CT molecular complexity index is 735. The van der Waals surface area contributed by atoms with E-state index in [1.54, 1.807) is 6.92 Å². The molecule has 0 spiro atoms. The van der Waals surface area contributed by atoms with Crippen LogP contribution in [0.4, 0.5) is 0 Å². The number of amides is 1. The van der Waals surface area contributed by atoms with Crippen molar-refractivity contribution in [2.45, 2.75) is 45.1 Å². The fraction of sp³-hybridized carbons (Fsp3) is 0.381. The van der Waals surface area contributed by atoms with E-state index in [-0.39, 0.29) is 5.91 Å². The summed E-state index contributed by atoms with van der Waals surface area (Å²) in [5.74, 6) is 0.672. The number of carbonyl (C=O) groups is 1.